The Morgan fingerprint density at radius 1 is 1.20 bits per heavy atom. The molecule has 2 aromatic heterocycles. The van der Waals surface area contributed by atoms with Crippen LogP contribution in [-0.4, -0.2) is 33.4 Å². The largest absolute Gasteiger partial charge is 0.354 e. The van der Waals surface area contributed by atoms with Crippen molar-refractivity contribution < 1.29 is 4.79 Å². The van der Waals surface area contributed by atoms with Crippen molar-refractivity contribution in [1.29, 1.82) is 0 Å². The topological polar surface area (TPSA) is 58.1 Å². The van der Waals surface area contributed by atoms with Crippen LogP contribution in [0.5, 0.6) is 0 Å². The fourth-order valence-corrected chi connectivity index (χ4v) is 4.37. The quantitative estimate of drug-likeness (QED) is 0.589. The second-order valence-electron chi connectivity index (χ2n) is 7.86. The summed E-state index contributed by atoms with van der Waals surface area (Å²) in [4.78, 5) is 30.8. The first-order valence-corrected chi connectivity index (χ1v) is 10.8. The number of allylic oxidation sites excluding steroid dienone is 2. The van der Waals surface area contributed by atoms with Crippen LogP contribution in [0.3, 0.4) is 0 Å². The number of halogens is 1. The average molecular weight is 424 g/mol. The highest BCUT2D eigenvalue weighted by molar-refractivity contribution is 6.34. The molecule has 0 aliphatic carbocycles. The van der Waals surface area contributed by atoms with E-state index in [1.54, 1.807) is 10.6 Å². The van der Waals surface area contributed by atoms with E-state index in [9.17, 15) is 9.59 Å². The van der Waals surface area contributed by atoms with Gasteiger partial charge in [0.1, 0.15) is 5.52 Å². The first-order valence-electron chi connectivity index (χ1n) is 10.4. The van der Waals surface area contributed by atoms with Gasteiger partial charge in [0.2, 0.25) is 0 Å². The van der Waals surface area contributed by atoms with Gasteiger partial charge in [-0.3, -0.25) is 9.59 Å². The van der Waals surface area contributed by atoms with Crippen LogP contribution in [0.1, 0.15) is 42.2 Å². The van der Waals surface area contributed by atoms with E-state index in [1.807, 2.05) is 55.3 Å². The maximum Gasteiger partial charge on any atom is 0.275 e. The number of likely N-dealkylation sites (tertiary alicyclic amines) is 1. The van der Waals surface area contributed by atoms with E-state index >= 15 is 0 Å². The van der Waals surface area contributed by atoms with E-state index in [4.69, 9.17) is 11.6 Å². The molecule has 0 atom stereocenters. The number of rotatable bonds is 4. The third-order valence-corrected chi connectivity index (χ3v) is 6.01. The lowest BCUT2D eigenvalue weighted by Crippen LogP contribution is -2.35. The van der Waals surface area contributed by atoms with Gasteiger partial charge in [-0.1, -0.05) is 29.8 Å². The molecule has 0 bridgehead atoms. The molecule has 0 radical (unpaired) electrons. The van der Waals surface area contributed by atoms with E-state index in [0.717, 1.165) is 48.1 Å². The zero-order valence-corrected chi connectivity index (χ0v) is 18.1. The van der Waals surface area contributed by atoms with Crippen LogP contribution < -0.4 is 5.56 Å². The number of nitrogens with zero attached hydrogens (tertiary/aromatic N) is 2. The summed E-state index contributed by atoms with van der Waals surface area (Å²) >= 11 is 6.57. The number of nitrogens with one attached hydrogen (secondary N) is 1. The Kier molecular flexibility index (Phi) is 5.82. The zero-order valence-electron chi connectivity index (χ0n) is 17.4. The Hall–Kier alpha value is -2.79. The normalized spacial score (nSPS) is 14.7. The lowest BCUT2D eigenvalue weighted by atomic mass is 10.0. The summed E-state index contributed by atoms with van der Waals surface area (Å²) in [7, 11) is 0. The highest BCUT2D eigenvalue weighted by Crippen LogP contribution is 2.31. The summed E-state index contributed by atoms with van der Waals surface area (Å²) in [5.74, 6) is -0.00746. The summed E-state index contributed by atoms with van der Waals surface area (Å²) in [6.07, 6.45) is 9.00. The first-order chi connectivity index (χ1) is 14.5. The zero-order chi connectivity index (χ0) is 21.3. The molecular formula is C24H26ClN3O2. The summed E-state index contributed by atoms with van der Waals surface area (Å²) in [5, 5.41) is 1.30. The molecule has 5 nitrogen and oxygen atoms in total. The predicted molar refractivity (Wildman–Crippen MR) is 122 cm³/mol. The van der Waals surface area contributed by atoms with Crippen molar-refractivity contribution in [3.05, 3.63) is 69.2 Å². The number of H-pyrrole nitrogens is 1. The van der Waals surface area contributed by atoms with E-state index < -0.39 is 0 Å². The third-order valence-electron chi connectivity index (χ3n) is 5.69. The molecule has 0 saturated carbocycles. The lowest BCUT2D eigenvalue weighted by molar-refractivity contribution is 0.0724. The van der Waals surface area contributed by atoms with Crippen molar-refractivity contribution in [3.8, 4) is 11.1 Å². The average Bonchev–Trinajstić information content (AvgIpc) is 3.15. The maximum absolute atomic E-state index is 12.9. The van der Waals surface area contributed by atoms with Gasteiger partial charge in [-0.25, -0.2) is 0 Å². The number of hydrogen-bond donors (Lipinski definition) is 1. The van der Waals surface area contributed by atoms with Gasteiger partial charge in [-0.15, -0.1) is 0 Å². The minimum Gasteiger partial charge on any atom is -0.354 e. The van der Waals surface area contributed by atoms with Crippen LogP contribution >= 0.6 is 11.6 Å². The molecule has 1 saturated heterocycles. The van der Waals surface area contributed by atoms with Crippen molar-refractivity contribution in [3.63, 3.8) is 0 Å². The number of aromatic amines is 1. The van der Waals surface area contributed by atoms with E-state index in [0.29, 0.717) is 22.6 Å². The van der Waals surface area contributed by atoms with Gasteiger partial charge in [-0.05, 0) is 56.9 Å². The van der Waals surface area contributed by atoms with Crippen molar-refractivity contribution in [2.45, 2.75) is 39.7 Å². The third kappa shape index (κ3) is 3.82. The van der Waals surface area contributed by atoms with Gasteiger partial charge in [0, 0.05) is 42.5 Å². The van der Waals surface area contributed by atoms with Gasteiger partial charge in [0.05, 0.1) is 10.6 Å². The molecule has 3 heterocycles. The Morgan fingerprint density at radius 3 is 2.67 bits per heavy atom. The fraction of sp³-hybridized carbons (Fsp3) is 0.333. The molecule has 1 fully saturated rings. The summed E-state index contributed by atoms with van der Waals surface area (Å²) in [5.41, 5.74) is 3.79. The number of amides is 1. The smallest absolute Gasteiger partial charge is 0.275 e. The van der Waals surface area contributed by atoms with Crippen molar-refractivity contribution in [1.82, 2.24) is 14.5 Å². The SMILES string of the molecule is C/C=C/Cn1cc(-c2ccc(C(=O)N3CCCCC3)c(Cl)c2)c2cc(C)[nH]c2c1=O. The Labute approximate surface area is 181 Å². The molecule has 3 aromatic rings. The maximum atomic E-state index is 12.9. The number of carbonyl (C=O) groups excluding carboxylic acids is 1. The second-order valence-corrected chi connectivity index (χ2v) is 8.27. The van der Waals surface area contributed by atoms with Crippen LogP contribution in [0.4, 0.5) is 0 Å². The first kappa shape index (κ1) is 20.5. The van der Waals surface area contributed by atoms with Crippen LogP contribution in [-0.2, 0) is 6.54 Å². The molecule has 1 amide bonds. The number of pyridine rings is 1. The van der Waals surface area contributed by atoms with E-state index in [-0.39, 0.29) is 11.5 Å². The second kappa shape index (κ2) is 8.52. The van der Waals surface area contributed by atoms with Gasteiger partial charge in [0.25, 0.3) is 11.5 Å². The lowest BCUT2D eigenvalue weighted by Gasteiger charge is -2.27. The van der Waals surface area contributed by atoms with Crippen LogP contribution in [0.2, 0.25) is 5.02 Å². The van der Waals surface area contributed by atoms with Gasteiger partial charge >= 0.3 is 0 Å². The molecule has 1 aliphatic heterocycles. The molecule has 0 unspecified atom stereocenters. The van der Waals surface area contributed by atoms with Crippen molar-refractivity contribution in [2.75, 3.05) is 13.1 Å². The highest BCUT2D eigenvalue weighted by Gasteiger charge is 2.21. The number of carbonyl (C=O) groups is 1. The molecule has 1 N–H and O–H groups in total. The Morgan fingerprint density at radius 2 is 1.97 bits per heavy atom. The summed E-state index contributed by atoms with van der Waals surface area (Å²) < 4.78 is 1.69. The number of aromatic nitrogens is 2. The molecule has 1 aliphatic rings. The number of piperidine rings is 1. The van der Waals surface area contributed by atoms with Crippen LogP contribution in [0.15, 0.2) is 47.4 Å². The van der Waals surface area contributed by atoms with E-state index in [2.05, 4.69) is 4.98 Å². The Balaban J connectivity index is 1.78. The number of fused-ring (bicyclic) bond motifs is 1. The predicted octanol–water partition coefficient (Wildman–Crippen LogP) is 5.16. The molecule has 0 spiro atoms. The number of benzene rings is 1. The summed E-state index contributed by atoms with van der Waals surface area (Å²) in [6.45, 7) is 5.94. The molecule has 1 aromatic carbocycles. The fourth-order valence-electron chi connectivity index (χ4n) is 4.11. The number of hydrogen-bond acceptors (Lipinski definition) is 2. The minimum absolute atomic E-state index is 0.00746. The molecule has 156 valence electrons. The molecule has 4 rings (SSSR count). The summed E-state index contributed by atoms with van der Waals surface area (Å²) in [6, 6.07) is 7.54. The molecular weight excluding hydrogens is 398 g/mol. The number of aryl methyl sites for hydroxylation is 1. The van der Waals surface area contributed by atoms with Gasteiger partial charge < -0.3 is 14.5 Å². The monoisotopic (exact) mass is 423 g/mol. The van der Waals surface area contributed by atoms with Crippen molar-refractivity contribution in [2.24, 2.45) is 0 Å². The van der Waals surface area contributed by atoms with Crippen LogP contribution in [0, 0.1) is 6.92 Å². The van der Waals surface area contributed by atoms with E-state index in [1.165, 1.54) is 6.42 Å². The van der Waals surface area contributed by atoms with Gasteiger partial charge in [-0.2, -0.15) is 0 Å². The standard InChI is InChI=1S/C24H26ClN3O2/c1-3-4-10-28-15-20(19-13-16(2)26-22(19)24(28)30)17-8-9-18(21(25)14-17)23(29)27-11-6-5-7-12-27/h3-4,8-9,13-15,26H,5-7,10-12H2,1-2H3/b4-3+. The molecule has 6 heteroatoms. The Bertz CT molecular complexity index is 1180. The highest BCUT2D eigenvalue weighted by atomic mass is 35.5. The van der Waals surface area contributed by atoms with Crippen molar-refractivity contribution >= 4 is 28.4 Å². The minimum atomic E-state index is -0.0528. The van der Waals surface area contributed by atoms with Crippen LogP contribution in [0.25, 0.3) is 22.0 Å². The van der Waals surface area contributed by atoms with Gasteiger partial charge in [0.15, 0.2) is 0 Å². The molecule has 30 heavy (non-hydrogen) atoms.